The first-order valence-electron chi connectivity index (χ1n) is 5.61. The maximum absolute atomic E-state index is 11.7. The molecule has 2 aromatic rings. The van der Waals surface area contributed by atoms with E-state index in [2.05, 4.69) is 5.32 Å². The number of esters is 1. The molecule has 0 heterocycles. The molecule has 0 atom stereocenters. The number of nitrogens with two attached hydrogens (primary N) is 1. The number of halogens is 1. The van der Waals surface area contributed by atoms with Gasteiger partial charge in [-0.3, -0.25) is 0 Å². The number of carbonyl (C=O) groups excluding carboxylic acids is 1. The molecule has 0 amide bonds. The lowest BCUT2D eigenvalue weighted by Gasteiger charge is -2.12. The highest BCUT2D eigenvalue weighted by Crippen LogP contribution is 2.27. The summed E-state index contributed by atoms with van der Waals surface area (Å²) < 4.78 is 4.73. The van der Waals surface area contributed by atoms with Crippen LogP contribution in [0.15, 0.2) is 42.5 Å². The molecule has 3 N–H and O–H groups in total. The fraction of sp³-hybridized carbons (Fsp3) is 0.0714. The Morgan fingerprint density at radius 2 is 1.95 bits per heavy atom. The van der Waals surface area contributed by atoms with Crippen molar-refractivity contribution in [1.82, 2.24) is 0 Å². The second-order valence-corrected chi connectivity index (χ2v) is 4.33. The Morgan fingerprint density at radius 1 is 1.21 bits per heavy atom. The molecule has 0 aliphatic carbocycles. The molecule has 0 radical (unpaired) electrons. The van der Waals surface area contributed by atoms with Gasteiger partial charge in [0.1, 0.15) is 0 Å². The van der Waals surface area contributed by atoms with Crippen LogP contribution in [-0.2, 0) is 4.74 Å². The van der Waals surface area contributed by atoms with Crippen molar-refractivity contribution in [3.63, 3.8) is 0 Å². The number of rotatable bonds is 3. The summed E-state index contributed by atoms with van der Waals surface area (Å²) in [7, 11) is 1.32. The summed E-state index contributed by atoms with van der Waals surface area (Å²) in [6.07, 6.45) is 0. The Labute approximate surface area is 116 Å². The Balaban J connectivity index is 2.40. The number of benzene rings is 2. The molecular weight excluding hydrogens is 264 g/mol. The van der Waals surface area contributed by atoms with Crippen LogP contribution >= 0.6 is 11.6 Å². The van der Waals surface area contributed by atoms with Gasteiger partial charge in [-0.2, -0.15) is 0 Å². The van der Waals surface area contributed by atoms with Crippen molar-refractivity contribution in [3.05, 3.63) is 53.1 Å². The van der Waals surface area contributed by atoms with E-state index in [9.17, 15) is 4.79 Å². The second-order valence-electron chi connectivity index (χ2n) is 3.89. The number of hydrogen-bond acceptors (Lipinski definition) is 4. The van der Waals surface area contributed by atoms with Gasteiger partial charge < -0.3 is 15.8 Å². The summed E-state index contributed by atoms with van der Waals surface area (Å²) in [5.41, 5.74) is 8.11. The predicted octanol–water partition coefficient (Wildman–Crippen LogP) is 3.45. The number of anilines is 3. The number of hydrogen-bond donors (Lipinski definition) is 2. The van der Waals surface area contributed by atoms with Gasteiger partial charge in [0, 0.05) is 5.02 Å². The maximum atomic E-state index is 11.7. The van der Waals surface area contributed by atoms with E-state index in [4.69, 9.17) is 22.1 Å². The number of nitrogens with one attached hydrogen (secondary N) is 1. The highest BCUT2D eigenvalue weighted by molar-refractivity contribution is 6.31. The van der Waals surface area contributed by atoms with E-state index in [0.717, 1.165) is 5.69 Å². The van der Waals surface area contributed by atoms with E-state index in [1.807, 2.05) is 18.2 Å². The highest BCUT2D eigenvalue weighted by Gasteiger charge is 2.13. The van der Waals surface area contributed by atoms with E-state index in [1.54, 1.807) is 24.3 Å². The third-order valence-electron chi connectivity index (χ3n) is 2.62. The largest absolute Gasteiger partial charge is 0.465 e. The van der Waals surface area contributed by atoms with E-state index in [-0.39, 0.29) is 0 Å². The van der Waals surface area contributed by atoms with Crippen molar-refractivity contribution in [3.8, 4) is 0 Å². The fourth-order valence-electron chi connectivity index (χ4n) is 1.66. The van der Waals surface area contributed by atoms with Crippen LogP contribution in [0.2, 0.25) is 5.02 Å². The van der Waals surface area contributed by atoms with Gasteiger partial charge in [-0.05, 0) is 30.3 Å². The van der Waals surface area contributed by atoms with Crippen molar-refractivity contribution < 1.29 is 9.53 Å². The number of methoxy groups -OCH3 is 1. The third kappa shape index (κ3) is 2.98. The van der Waals surface area contributed by atoms with Gasteiger partial charge >= 0.3 is 5.97 Å². The fourth-order valence-corrected chi connectivity index (χ4v) is 1.83. The minimum Gasteiger partial charge on any atom is -0.465 e. The summed E-state index contributed by atoms with van der Waals surface area (Å²) in [6.45, 7) is 0. The molecule has 0 bridgehead atoms. The van der Waals surface area contributed by atoms with Gasteiger partial charge in [0.2, 0.25) is 0 Å². The van der Waals surface area contributed by atoms with Crippen LogP contribution in [0.5, 0.6) is 0 Å². The van der Waals surface area contributed by atoms with E-state index < -0.39 is 5.97 Å². The quantitative estimate of drug-likeness (QED) is 0.666. The van der Waals surface area contributed by atoms with Gasteiger partial charge in [-0.25, -0.2) is 4.79 Å². The topological polar surface area (TPSA) is 64.3 Å². The Hall–Kier alpha value is -2.20. The first kappa shape index (κ1) is 13.2. The molecule has 2 rings (SSSR count). The van der Waals surface area contributed by atoms with Crippen molar-refractivity contribution in [2.45, 2.75) is 0 Å². The Kier molecular flexibility index (Phi) is 3.92. The van der Waals surface area contributed by atoms with Crippen LogP contribution in [0, 0.1) is 0 Å². The van der Waals surface area contributed by atoms with Crippen LogP contribution in [0.3, 0.4) is 0 Å². The molecule has 0 aliphatic rings. The highest BCUT2D eigenvalue weighted by atomic mass is 35.5. The van der Waals surface area contributed by atoms with Crippen LogP contribution in [-0.4, -0.2) is 13.1 Å². The van der Waals surface area contributed by atoms with Crippen LogP contribution < -0.4 is 11.1 Å². The maximum Gasteiger partial charge on any atom is 0.340 e. The van der Waals surface area contributed by atoms with Gasteiger partial charge in [-0.15, -0.1) is 0 Å². The first-order valence-corrected chi connectivity index (χ1v) is 5.99. The lowest BCUT2D eigenvalue weighted by atomic mass is 10.1. The minimum absolute atomic E-state index is 0.359. The first-order chi connectivity index (χ1) is 9.11. The zero-order valence-electron chi connectivity index (χ0n) is 10.3. The van der Waals surface area contributed by atoms with Gasteiger partial charge in [0.25, 0.3) is 0 Å². The number of ether oxygens (including phenoxy) is 1. The predicted molar refractivity (Wildman–Crippen MR) is 76.9 cm³/mol. The Morgan fingerprint density at radius 3 is 2.63 bits per heavy atom. The zero-order chi connectivity index (χ0) is 13.8. The molecule has 0 saturated heterocycles. The smallest absolute Gasteiger partial charge is 0.340 e. The van der Waals surface area contributed by atoms with Crippen molar-refractivity contribution >= 4 is 34.6 Å². The lowest BCUT2D eigenvalue weighted by Crippen LogP contribution is -2.06. The summed E-state index contributed by atoms with van der Waals surface area (Å²) in [4.78, 5) is 11.7. The van der Waals surface area contributed by atoms with Crippen LogP contribution in [0.4, 0.5) is 17.1 Å². The van der Waals surface area contributed by atoms with Gasteiger partial charge in [0.15, 0.2) is 0 Å². The van der Waals surface area contributed by atoms with E-state index in [1.165, 1.54) is 7.11 Å². The Bertz CT molecular complexity index is 614. The minimum atomic E-state index is -0.459. The van der Waals surface area contributed by atoms with Crippen molar-refractivity contribution in [2.75, 3.05) is 18.2 Å². The monoisotopic (exact) mass is 276 g/mol. The summed E-state index contributed by atoms with van der Waals surface area (Å²) in [6, 6.07) is 12.2. The number of carbonyl (C=O) groups is 1. The molecule has 0 spiro atoms. The average molecular weight is 277 g/mol. The molecular formula is C14H13ClN2O2. The average Bonchev–Trinajstić information content (AvgIpc) is 2.42. The van der Waals surface area contributed by atoms with Gasteiger partial charge in [-0.1, -0.05) is 23.7 Å². The van der Waals surface area contributed by atoms with Crippen molar-refractivity contribution in [1.29, 1.82) is 0 Å². The zero-order valence-corrected chi connectivity index (χ0v) is 11.1. The third-order valence-corrected chi connectivity index (χ3v) is 2.85. The molecule has 0 aliphatic heterocycles. The summed E-state index contributed by atoms with van der Waals surface area (Å²) in [5.74, 6) is -0.459. The molecule has 0 fully saturated rings. The summed E-state index contributed by atoms with van der Waals surface area (Å²) in [5, 5.41) is 3.56. The molecule has 2 aromatic carbocycles. The van der Waals surface area contributed by atoms with Gasteiger partial charge in [0.05, 0.1) is 29.7 Å². The normalized spacial score (nSPS) is 10.0. The second kappa shape index (κ2) is 5.63. The molecule has 0 unspecified atom stereocenters. The summed E-state index contributed by atoms with van der Waals surface area (Å²) >= 11 is 5.89. The molecule has 5 heteroatoms. The number of nitrogen functional groups attached to an aromatic ring is 1. The van der Waals surface area contributed by atoms with E-state index in [0.29, 0.717) is 22.0 Å². The van der Waals surface area contributed by atoms with Crippen LogP contribution in [0.25, 0.3) is 0 Å². The molecule has 98 valence electrons. The van der Waals surface area contributed by atoms with E-state index >= 15 is 0 Å². The molecule has 19 heavy (non-hydrogen) atoms. The van der Waals surface area contributed by atoms with Crippen molar-refractivity contribution in [2.24, 2.45) is 0 Å². The molecule has 0 aromatic heterocycles. The SMILES string of the molecule is COC(=O)c1cc(Cl)ccc1Nc1ccccc1N. The van der Waals surface area contributed by atoms with Crippen LogP contribution in [0.1, 0.15) is 10.4 Å². The number of para-hydroxylation sites is 2. The molecule has 4 nitrogen and oxygen atoms in total. The lowest BCUT2D eigenvalue weighted by molar-refractivity contribution is 0.0602. The standard InChI is InChI=1S/C14H13ClN2O2/c1-19-14(18)10-8-9(15)6-7-12(10)17-13-5-3-2-4-11(13)16/h2-8,17H,16H2,1H3. The molecule has 0 saturated carbocycles.